The molecule has 0 saturated carbocycles. The van der Waals surface area contributed by atoms with Crippen LogP contribution in [-0.2, 0) is 0 Å². The molecule has 1 aromatic heterocycles. The van der Waals surface area contributed by atoms with Crippen molar-refractivity contribution in [2.75, 3.05) is 24.3 Å². The van der Waals surface area contributed by atoms with Gasteiger partial charge in [-0.15, -0.1) is 11.3 Å². The highest BCUT2D eigenvalue weighted by molar-refractivity contribution is 7.11. The molecule has 1 heterocycles. The van der Waals surface area contributed by atoms with Gasteiger partial charge in [-0.25, -0.2) is 4.98 Å². The highest BCUT2D eigenvalue weighted by Gasteiger charge is 2.15. The summed E-state index contributed by atoms with van der Waals surface area (Å²) >= 11 is 7.85. The fraction of sp³-hybridized carbons (Fsp3) is 0.400. The van der Waals surface area contributed by atoms with Gasteiger partial charge in [-0.2, -0.15) is 0 Å². The van der Waals surface area contributed by atoms with Crippen molar-refractivity contribution in [3.05, 3.63) is 38.8 Å². The number of hydrogen-bond donors (Lipinski definition) is 1. The molecule has 1 atom stereocenters. The second-order valence-electron chi connectivity index (χ2n) is 5.10. The number of nitrogens with one attached hydrogen (secondary N) is 1. The van der Waals surface area contributed by atoms with Gasteiger partial charge in [-0.05, 0) is 39.0 Å². The topological polar surface area (TPSA) is 28.2 Å². The Kier molecular flexibility index (Phi) is 4.55. The number of hydrogen-bond acceptors (Lipinski definition) is 4. The zero-order valence-corrected chi connectivity index (χ0v) is 14.1. The first-order valence-corrected chi connectivity index (χ1v) is 7.75. The van der Waals surface area contributed by atoms with Crippen LogP contribution < -0.4 is 10.2 Å². The minimum atomic E-state index is 0.150. The Balaban J connectivity index is 2.29. The molecule has 1 aromatic carbocycles. The quantitative estimate of drug-likeness (QED) is 0.891. The third-order valence-corrected chi connectivity index (χ3v) is 4.30. The predicted octanol–water partition coefficient (Wildman–Crippen LogP) is 4.65. The first-order chi connectivity index (χ1) is 9.38. The van der Waals surface area contributed by atoms with Crippen molar-refractivity contribution >= 4 is 34.3 Å². The number of aryl methyl sites for hydroxylation is 2. The monoisotopic (exact) mass is 309 g/mol. The molecule has 1 unspecified atom stereocenters. The van der Waals surface area contributed by atoms with Gasteiger partial charge in [-0.1, -0.05) is 11.6 Å². The molecule has 0 fully saturated rings. The average molecular weight is 310 g/mol. The van der Waals surface area contributed by atoms with Gasteiger partial charge in [-0.3, -0.25) is 0 Å². The maximum atomic E-state index is 6.11. The lowest BCUT2D eigenvalue weighted by molar-refractivity contribution is 0.836. The van der Waals surface area contributed by atoms with E-state index in [2.05, 4.69) is 29.0 Å². The Morgan fingerprint density at radius 2 is 2.00 bits per heavy atom. The molecule has 1 N–H and O–H groups in total. The lowest BCUT2D eigenvalue weighted by Crippen LogP contribution is -2.14. The van der Waals surface area contributed by atoms with Crippen LogP contribution in [0, 0.1) is 13.8 Å². The zero-order valence-electron chi connectivity index (χ0n) is 12.5. The molecule has 0 aliphatic carbocycles. The first-order valence-electron chi connectivity index (χ1n) is 6.56. The minimum Gasteiger partial charge on any atom is -0.376 e. The van der Waals surface area contributed by atoms with Gasteiger partial charge in [0.25, 0.3) is 0 Å². The number of thiazole rings is 1. The summed E-state index contributed by atoms with van der Waals surface area (Å²) in [5, 5.41) is 5.36. The summed E-state index contributed by atoms with van der Waals surface area (Å²) in [6.45, 7) is 6.28. The molecule has 3 nitrogen and oxygen atoms in total. The average Bonchev–Trinajstić information content (AvgIpc) is 2.68. The van der Waals surface area contributed by atoms with Crippen LogP contribution in [0.5, 0.6) is 0 Å². The van der Waals surface area contributed by atoms with Crippen LogP contribution in [-0.4, -0.2) is 19.1 Å². The molecule has 20 heavy (non-hydrogen) atoms. The maximum absolute atomic E-state index is 6.11. The molecule has 0 saturated heterocycles. The molecule has 0 aliphatic rings. The van der Waals surface area contributed by atoms with Gasteiger partial charge >= 0.3 is 0 Å². The van der Waals surface area contributed by atoms with Crippen molar-refractivity contribution in [1.29, 1.82) is 0 Å². The van der Waals surface area contributed by atoms with Crippen molar-refractivity contribution in [3.63, 3.8) is 0 Å². The summed E-state index contributed by atoms with van der Waals surface area (Å²) in [6.07, 6.45) is 0. The summed E-state index contributed by atoms with van der Waals surface area (Å²) in [6, 6.07) is 6.04. The van der Waals surface area contributed by atoms with E-state index in [1.54, 1.807) is 11.3 Å². The van der Waals surface area contributed by atoms with E-state index in [1.807, 2.05) is 39.2 Å². The number of rotatable bonds is 4. The van der Waals surface area contributed by atoms with Gasteiger partial charge in [0.1, 0.15) is 0 Å². The standard InChI is InChI=1S/C15H20ClN3S/c1-9(15-10(2)20-11(3)18-15)17-13-8-12(16)6-7-14(13)19(4)5/h6-9,17H,1-5H3. The highest BCUT2D eigenvalue weighted by Crippen LogP contribution is 2.32. The summed E-state index contributed by atoms with van der Waals surface area (Å²) < 4.78 is 0. The third-order valence-electron chi connectivity index (χ3n) is 3.16. The molecule has 108 valence electrons. The smallest absolute Gasteiger partial charge is 0.0901 e. The van der Waals surface area contributed by atoms with Crippen LogP contribution in [0.25, 0.3) is 0 Å². The Morgan fingerprint density at radius 3 is 2.55 bits per heavy atom. The number of nitrogens with zero attached hydrogens (tertiary/aromatic N) is 2. The molecule has 0 amide bonds. The Morgan fingerprint density at radius 1 is 1.30 bits per heavy atom. The van der Waals surface area contributed by atoms with Crippen LogP contribution in [0.15, 0.2) is 18.2 Å². The van der Waals surface area contributed by atoms with Gasteiger partial charge in [0.15, 0.2) is 0 Å². The number of aromatic nitrogens is 1. The van der Waals surface area contributed by atoms with Crippen LogP contribution in [0.2, 0.25) is 5.02 Å². The van der Waals surface area contributed by atoms with E-state index >= 15 is 0 Å². The number of halogens is 1. The van der Waals surface area contributed by atoms with E-state index in [-0.39, 0.29) is 6.04 Å². The second-order valence-corrected chi connectivity index (χ2v) is 6.94. The maximum Gasteiger partial charge on any atom is 0.0901 e. The Hall–Kier alpha value is -1.26. The number of benzene rings is 1. The molecule has 0 radical (unpaired) electrons. The van der Waals surface area contributed by atoms with Crippen LogP contribution in [0.1, 0.15) is 28.5 Å². The fourth-order valence-electron chi connectivity index (χ4n) is 2.26. The zero-order chi connectivity index (χ0) is 14.9. The number of anilines is 2. The lowest BCUT2D eigenvalue weighted by Gasteiger charge is -2.22. The van der Waals surface area contributed by atoms with E-state index in [0.717, 1.165) is 27.1 Å². The summed E-state index contributed by atoms with van der Waals surface area (Å²) in [4.78, 5) is 7.95. The van der Waals surface area contributed by atoms with E-state index in [9.17, 15) is 0 Å². The van der Waals surface area contributed by atoms with Crippen molar-refractivity contribution in [2.45, 2.75) is 26.8 Å². The van der Waals surface area contributed by atoms with E-state index in [4.69, 9.17) is 11.6 Å². The van der Waals surface area contributed by atoms with Gasteiger partial charge < -0.3 is 10.2 Å². The molecule has 0 aliphatic heterocycles. The summed E-state index contributed by atoms with van der Waals surface area (Å²) in [5.74, 6) is 0. The largest absolute Gasteiger partial charge is 0.376 e. The van der Waals surface area contributed by atoms with Gasteiger partial charge in [0.2, 0.25) is 0 Å². The van der Waals surface area contributed by atoms with Crippen molar-refractivity contribution in [2.24, 2.45) is 0 Å². The Labute approximate surface area is 129 Å². The molecule has 0 bridgehead atoms. The van der Waals surface area contributed by atoms with E-state index < -0.39 is 0 Å². The normalized spacial score (nSPS) is 12.3. The SMILES string of the molecule is Cc1nc(C(C)Nc2cc(Cl)ccc2N(C)C)c(C)s1. The van der Waals surface area contributed by atoms with Crippen molar-refractivity contribution < 1.29 is 0 Å². The molecule has 2 aromatic rings. The molecule has 0 spiro atoms. The van der Waals surface area contributed by atoms with Crippen molar-refractivity contribution in [1.82, 2.24) is 4.98 Å². The van der Waals surface area contributed by atoms with Gasteiger partial charge in [0, 0.05) is 24.0 Å². The summed E-state index contributed by atoms with van der Waals surface area (Å²) in [5.41, 5.74) is 3.25. The minimum absolute atomic E-state index is 0.150. The Bertz CT molecular complexity index is 607. The predicted molar refractivity (Wildman–Crippen MR) is 89.4 cm³/mol. The lowest BCUT2D eigenvalue weighted by atomic mass is 10.2. The third kappa shape index (κ3) is 3.25. The van der Waals surface area contributed by atoms with Crippen LogP contribution in [0.4, 0.5) is 11.4 Å². The molecule has 2 rings (SSSR count). The fourth-order valence-corrected chi connectivity index (χ4v) is 3.35. The second kappa shape index (κ2) is 6.02. The first kappa shape index (κ1) is 15.1. The summed E-state index contributed by atoms with van der Waals surface area (Å²) in [7, 11) is 4.05. The van der Waals surface area contributed by atoms with Crippen LogP contribution in [0.3, 0.4) is 0 Å². The molecule has 5 heteroatoms. The highest BCUT2D eigenvalue weighted by atomic mass is 35.5. The van der Waals surface area contributed by atoms with E-state index in [0.29, 0.717) is 0 Å². The van der Waals surface area contributed by atoms with E-state index in [1.165, 1.54) is 4.88 Å². The van der Waals surface area contributed by atoms with Crippen LogP contribution >= 0.6 is 22.9 Å². The van der Waals surface area contributed by atoms with Gasteiger partial charge in [0.05, 0.1) is 28.1 Å². The van der Waals surface area contributed by atoms with Crippen molar-refractivity contribution in [3.8, 4) is 0 Å². The molecular formula is C15H20ClN3S. The molecular weight excluding hydrogens is 290 g/mol.